The van der Waals surface area contributed by atoms with Crippen LogP contribution >= 0.6 is 11.6 Å². The predicted octanol–water partition coefficient (Wildman–Crippen LogP) is 2.48. The maximum absolute atomic E-state index is 13.0. The van der Waals surface area contributed by atoms with E-state index < -0.39 is 24.5 Å². The molecule has 0 saturated heterocycles. The first-order valence-electron chi connectivity index (χ1n) is 12.0. The summed E-state index contributed by atoms with van der Waals surface area (Å²) >= 11 is 6.28. The molecule has 2 aromatic heterocycles. The number of rotatable bonds is 12. The molecule has 198 valence electrons. The maximum Gasteiger partial charge on any atom is 1.00 e. The quantitative estimate of drug-likeness (QED) is 0.313. The molecule has 0 radical (unpaired) electrons. The summed E-state index contributed by atoms with van der Waals surface area (Å²) in [4.78, 5) is 24.2. The van der Waals surface area contributed by atoms with Gasteiger partial charge in [-0.2, -0.15) is 13.2 Å². The Morgan fingerprint density at radius 2 is 1.92 bits per heavy atom. The zero-order chi connectivity index (χ0) is 26.7. The molecule has 3 aromatic rings. The van der Waals surface area contributed by atoms with Crippen LogP contribution in [0.5, 0.6) is 0 Å². The van der Waals surface area contributed by atoms with Gasteiger partial charge in [0, 0.05) is 47.8 Å². The summed E-state index contributed by atoms with van der Waals surface area (Å²) < 4.78 is 48.4. The third-order valence-corrected chi connectivity index (χ3v) is 6.69. The number of carbonyl (C=O) groups excluding carboxylic acids is 2. The Morgan fingerprint density at radius 3 is 2.55 bits per heavy atom. The molecule has 2 heterocycles. The molecule has 1 atom stereocenters. The molecule has 1 fully saturated rings. The fourth-order valence-corrected chi connectivity index (χ4v) is 4.64. The van der Waals surface area contributed by atoms with Crippen molar-refractivity contribution in [1.29, 1.82) is 0 Å². The van der Waals surface area contributed by atoms with Gasteiger partial charge in [-0.25, -0.2) is 0 Å². The smallest absolute Gasteiger partial charge is 0.550 e. The number of nitrogens with zero attached hydrogens (tertiary/aromatic N) is 2. The van der Waals surface area contributed by atoms with Gasteiger partial charge in [0.2, 0.25) is 0 Å². The number of carboxylic acids is 1. The molecule has 1 aromatic carbocycles. The Bertz CT molecular complexity index is 1290. The van der Waals surface area contributed by atoms with E-state index in [1.54, 1.807) is 12.1 Å². The van der Waals surface area contributed by atoms with Crippen molar-refractivity contribution in [1.82, 2.24) is 10.3 Å². The van der Waals surface area contributed by atoms with E-state index in [1.807, 2.05) is 13.0 Å². The van der Waals surface area contributed by atoms with Crippen LogP contribution in [-0.2, 0) is 22.4 Å². The second-order valence-electron chi connectivity index (χ2n) is 9.50. The molecule has 1 saturated carbocycles. The summed E-state index contributed by atoms with van der Waals surface area (Å²) in [7, 11) is 0. The van der Waals surface area contributed by atoms with Crippen LogP contribution in [-0.4, -0.2) is 28.2 Å². The summed E-state index contributed by atoms with van der Waals surface area (Å²) in [5, 5.41) is 19.8. The molecular formula is C26H25ClF3N2NaO5. The molecule has 0 bridgehead atoms. The molecule has 0 spiro atoms. The van der Waals surface area contributed by atoms with Crippen LogP contribution in [0.1, 0.15) is 78.5 Å². The van der Waals surface area contributed by atoms with E-state index in [4.69, 9.17) is 20.6 Å². The zero-order valence-electron chi connectivity index (χ0n) is 21.1. The minimum atomic E-state index is -4.33. The van der Waals surface area contributed by atoms with Gasteiger partial charge in [0.15, 0.2) is 11.5 Å². The van der Waals surface area contributed by atoms with E-state index in [2.05, 4.69) is 10.3 Å². The van der Waals surface area contributed by atoms with Crippen molar-refractivity contribution in [3.8, 4) is 11.5 Å². The number of ketones is 1. The number of carboxylic acid groups (broad SMARTS) is 1. The zero-order valence-corrected chi connectivity index (χ0v) is 23.8. The number of alkyl halides is 3. The first-order chi connectivity index (χ1) is 17.5. The first kappa shape index (κ1) is 30.4. The summed E-state index contributed by atoms with van der Waals surface area (Å²) in [5.74, 6) is -1.55. The van der Waals surface area contributed by atoms with Crippen molar-refractivity contribution < 1.29 is 66.5 Å². The molecular weight excluding hydrogens is 536 g/mol. The Labute approximate surface area is 244 Å². The van der Waals surface area contributed by atoms with Gasteiger partial charge in [-0.3, -0.25) is 4.79 Å². The van der Waals surface area contributed by atoms with Crippen molar-refractivity contribution in [2.75, 3.05) is 0 Å². The predicted molar refractivity (Wildman–Crippen MR) is 125 cm³/mol. The van der Waals surface area contributed by atoms with Crippen LogP contribution in [0, 0.1) is 6.92 Å². The van der Waals surface area contributed by atoms with Gasteiger partial charge in [-0.1, -0.05) is 34.0 Å². The van der Waals surface area contributed by atoms with E-state index in [0.29, 0.717) is 21.8 Å². The monoisotopic (exact) mass is 560 g/mol. The molecule has 1 aliphatic carbocycles. The van der Waals surface area contributed by atoms with Gasteiger partial charge >= 0.3 is 35.7 Å². The second kappa shape index (κ2) is 12.8. The molecule has 0 aliphatic heterocycles. The van der Waals surface area contributed by atoms with Crippen molar-refractivity contribution >= 4 is 23.4 Å². The molecule has 4 rings (SSSR count). The van der Waals surface area contributed by atoms with Crippen molar-refractivity contribution in [2.24, 2.45) is 0 Å². The molecule has 0 N–H and O–H groups in total. The van der Waals surface area contributed by atoms with Gasteiger partial charge in [-0.05, 0) is 55.7 Å². The number of carbonyl (C=O) groups is 2. The molecule has 7 nitrogen and oxygen atoms in total. The number of aryl methyl sites for hydroxylation is 2. The molecule has 0 unspecified atom stereocenters. The fraction of sp³-hybridized carbons (Fsp3) is 0.462. The first-order valence-corrected chi connectivity index (χ1v) is 12.4. The topological polar surface area (TPSA) is 109 Å². The van der Waals surface area contributed by atoms with E-state index in [1.165, 1.54) is 6.07 Å². The minimum Gasteiger partial charge on any atom is -0.550 e. The van der Waals surface area contributed by atoms with E-state index >= 15 is 0 Å². The number of halogens is 4. The normalized spacial score (nSPS) is 14.2. The number of hydrogen-bond donors (Lipinski definition) is 0. The average Bonchev–Trinajstić information content (AvgIpc) is 3.37. The minimum absolute atomic E-state index is 0. The van der Waals surface area contributed by atoms with Crippen LogP contribution in [0.2, 0.25) is 5.02 Å². The number of Topliss-reactive ketones (excluding diaryl/α,β-unsaturated/α-hetero) is 1. The van der Waals surface area contributed by atoms with Gasteiger partial charge in [0.25, 0.3) is 0 Å². The third kappa shape index (κ3) is 8.18. The summed E-state index contributed by atoms with van der Waals surface area (Å²) in [5.41, 5.74) is 3.01. The molecule has 0 amide bonds. The third-order valence-electron chi connectivity index (χ3n) is 6.34. The summed E-state index contributed by atoms with van der Waals surface area (Å²) in [6.45, 7) is 1.89. The van der Waals surface area contributed by atoms with Crippen molar-refractivity contribution in [3.63, 3.8) is 0 Å². The standard InChI is InChI=1S/C26H26ClF3N2O5.Na/c1-14-2-3-16(20(27)10-14)11-18(33)12-17(6-7-22(34)35)24-23(15-4-5-15)25(37-32-24)21-13-19(36-31-21)8-9-26(28,29)30;/h2-3,10,13,15,17H,4-9,11-12H2,1H3,(H,34,35);/q;+1/p-1/t17-;/m0./s1. The van der Waals surface area contributed by atoms with Crippen LogP contribution in [0.25, 0.3) is 11.5 Å². The van der Waals surface area contributed by atoms with Crippen LogP contribution in [0.3, 0.4) is 0 Å². The Balaban J connectivity index is 0.00000400. The van der Waals surface area contributed by atoms with Crippen LogP contribution in [0.15, 0.2) is 33.3 Å². The van der Waals surface area contributed by atoms with Gasteiger partial charge in [0.05, 0.1) is 12.1 Å². The molecule has 12 heteroatoms. The second-order valence-corrected chi connectivity index (χ2v) is 9.91. The Hall–Kier alpha value is -2.14. The summed E-state index contributed by atoms with van der Waals surface area (Å²) in [6.07, 6.45) is -4.14. The van der Waals surface area contributed by atoms with Crippen molar-refractivity contribution in [3.05, 3.63) is 57.4 Å². The van der Waals surface area contributed by atoms with Crippen molar-refractivity contribution in [2.45, 2.75) is 76.3 Å². The Morgan fingerprint density at radius 1 is 1.18 bits per heavy atom. The van der Waals surface area contributed by atoms with Crippen LogP contribution < -0.4 is 34.7 Å². The fourth-order valence-electron chi connectivity index (χ4n) is 4.34. The number of aliphatic carboxylic acids is 1. The Kier molecular flexibility index (Phi) is 10.2. The van der Waals surface area contributed by atoms with Gasteiger partial charge in [-0.15, -0.1) is 0 Å². The molecule has 38 heavy (non-hydrogen) atoms. The van der Waals surface area contributed by atoms with E-state index in [-0.39, 0.29) is 90.6 Å². The maximum atomic E-state index is 13.0. The number of benzene rings is 1. The molecule has 1 aliphatic rings. The number of aromatic nitrogens is 2. The largest absolute Gasteiger partial charge is 1.00 e. The number of hydrogen-bond acceptors (Lipinski definition) is 7. The van der Waals surface area contributed by atoms with E-state index in [9.17, 15) is 27.9 Å². The average molecular weight is 561 g/mol. The van der Waals surface area contributed by atoms with Crippen LogP contribution in [0.4, 0.5) is 13.2 Å². The van der Waals surface area contributed by atoms with Gasteiger partial charge < -0.3 is 18.9 Å². The summed E-state index contributed by atoms with van der Waals surface area (Å²) in [6, 6.07) is 6.81. The SMILES string of the molecule is Cc1ccc(CC(=O)C[C@H](CCC(=O)[O-])c2noc(-c3cc(CCC(F)(F)F)on3)c2C2CC2)c(Cl)c1.[Na+]. The van der Waals surface area contributed by atoms with Gasteiger partial charge in [0.1, 0.15) is 11.5 Å². The van der Waals surface area contributed by atoms with E-state index in [0.717, 1.165) is 18.4 Å².